The van der Waals surface area contributed by atoms with Gasteiger partial charge >= 0.3 is 0 Å². The van der Waals surface area contributed by atoms with Crippen LogP contribution in [0.2, 0.25) is 0 Å². The highest BCUT2D eigenvalue weighted by atomic mass is 16.5. The number of aliphatic imine (C=N–C) groups is 1. The zero-order chi connectivity index (χ0) is 19.6. The molecule has 1 heterocycles. The third-order valence-electron chi connectivity index (χ3n) is 3.83. The first-order valence-corrected chi connectivity index (χ1v) is 9.54. The van der Waals surface area contributed by atoms with Crippen molar-refractivity contribution in [3.8, 4) is 5.75 Å². The summed E-state index contributed by atoms with van der Waals surface area (Å²) in [6, 6.07) is 8.30. The first-order chi connectivity index (χ1) is 13.0. The summed E-state index contributed by atoms with van der Waals surface area (Å²) >= 11 is 0. The summed E-state index contributed by atoms with van der Waals surface area (Å²) in [5.41, 5.74) is 1.17. The second-order valence-corrected chi connectivity index (χ2v) is 6.89. The van der Waals surface area contributed by atoms with E-state index in [1.165, 1.54) is 5.56 Å². The highest BCUT2D eigenvalue weighted by Crippen LogP contribution is 2.18. The fourth-order valence-corrected chi connectivity index (χ4v) is 2.43. The van der Waals surface area contributed by atoms with E-state index in [4.69, 9.17) is 9.26 Å². The van der Waals surface area contributed by atoms with Crippen molar-refractivity contribution in [2.24, 2.45) is 10.9 Å². The van der Waals surface area contributed by atoms with Gasteiger partial charge in [0.25, 0.3) is 0 Å². The smallest absolute Gasteiger partial charge is 0.228 e. The number of ether oxygens (including phenoxy) is 1. The van der Waals surface area contributed by atoms with Crippen molar-refractivity contribution < 1.29 is 9.26 Å². The largest absolute Gasteiger partial charge is 0.493 e. The number of rotatable bonds is 9. The molecule has 27 heavy (non-hydrogen) atoms. The van der Waals surface area contributed by atoms with E-state index in [-0.39, 0.29) is 6.04 Å². The van der Waals surface area contributed by atoms with Crippen molar-refractivity contribution in [2.45, 2.75) is 47.1 Å². The van der Waals surface area contributed by atoms with Crippen molar-refractivity contribution in [3.63, 3.8) is 0 Å². The van der Waals surface area contributed by atoms with Crippen LogP contribution < -0.4 is 15.4 Å². The Labute approximate surface area is 161 Å². The van der Waals surface area contributed by atoms with E-state index in [2.05, 4.69) is 58.7 Å². The molecular weight excluding hydrogens is 342 g/mol. The number of aromatic nitrogens is 2. The second-order valence-electron chi connectivity index (χ2n) is 6.89. The van der Waals surface area contributed by atoms with Gasteiger partial charge in [0.15, 0.2) is 11.8 Å². The van der Waals surface area contributed by atoms with E-state index >= 15 is 0 Å². The fourth-order valence-electron chi connectivity index (χ4n) is 2.43. The van der Waals surface area contributed by atoms with Gasteiger partial charge in [-0.2, -0.15) is 4.98 Å². The summed E-state index contributed by atoms with van der Waals surface area (Å²) in [6.45, 7) is 12.3. The SMILES string of the molecule is CCNC(=NCCc1nc(C)no1)NC(C)c1ccc(OCC(C)C)cc1. The lowest BCUT2D eigenvalue weighted by Crippen LogP contribution is -2.38. The minimum atomic E-state index is 0.118. The third-order valence-corrected chi connectivity index (χ3v) is 3.83. The van der Waals surface area contributed by atoms with Crippen molar-refractivity contribution in [3.05, 3.63) is 41.5 Å². The number of nitrogens with zero attached hydrogens (tertiary/aromatic N) is 3. The van der Waals surface area contributed by atoms with Crippen LogP contribution in [-0.2, 0) is 6.42 Å². The summed E-state index contributed by atoms with van der Waals surface area (Å²) in [4.78, 5) is 8.79. The van der Waals surface area contributed by atoms with Crippen molar-refractivity contribution in [1.82, 2.24) is 20.8 Å². The number of nitrogens with one attached hydrogen (secondary N) is 2. The minimum absolute atomic E-state index is 0.118. The van der Waals surface area contributed by atoms with Gasteiger partial charge in [0.2, 0.25) is 5.89 Å². The number of hydrogen-bond donors (Lipinski definition) is 2. The second kappa shape index (κ2) is 10.5. The van der Waals surface area contributed by atoms with E-state index in [0.717, 1.165) is 24.9 Å². The molecule has 1 aromatic carbocycles. The summed E-state index contributed by atoms with van der Waals surface area (Å²) < 4.78 is 10.9. The lowest BCUT2D eigenvalue weighted by molar-refractivity contribution is 0.271. The third kappa shape index (κ3) is 7.29. The van der Waals surface area contributed by atoms with E-state index < -0.39 is 0 Å². The van der Waals surface area contributed by atoms with Crippen LogP contribution in [0.4, 0.5) is 0 Å². The molecule has 1 atom stereocenters. The monoisotopic (exact) mass is 373 g/mol. The van der Waals surface area contributed by atoms with Gasteiger partial charge < -0.3 is 19.9 Å². The Kier molecular flexibility index (Phi) is 8.10. The number of benzene rings is 1. The molecule has 1 unspecified atom stereocenters. The highest BCUT2D eigenvalue weighted by Gasteiger charge is 2.09. The van der Waals surface area contributed by atoms with Crippen LogP contribution in [0.15, 0.2) is 33.8 Å². The molecule has 0 spiro atoms. The maximum atomic E-state index is 5.74. The predicted molar refractivity (Wildman–Crippen MR) is 107 cm³/mol. The molecule has 2 N–H and O–H groups in total. The lowest BCUT2D eigenvalue weighted by atomic mass is 10.1. The maximum Gasteiger partial charge on any atom is 0.228 e. The zero-order valence-corrected chi connectivity index (χ0v) is 17.0. The molecule has 7 nitrogen and oxygen atoms in total. The van der Waals surface area contributed by atoms with Crippen molar-refractivity contribution in [2.75, 3.05) is 19.7 Å². The molecular formula is C20H31N5O2. The molecule has 0 radical (unpaired) electrons. The van der Waals surface area contributed by atoms with Crippen LogP contribution in [0.3, 0.4) is 0 Å². The van der Waals surface area contributed by atoms with E-state index in [0.29, 0.717) is 30.6 Å². The Bertz CT molecular complexity index is 709. The van der Waals surface area contributed by atoms with Gasteiger partial charge in [-0.15, -0.1) is 0 Å². The quantitative estimate of drug-likeness (QED) is 0.518. The Morgan fingerprint density at radius 3 is 2.56 bits per heavy atom. The topological polar surface area (TPSA) is 84.6 Å². The Morgan fingerprint density at radius 2 is 1.96 bits per heavy atom. The number of hydrogen-bond acceptors (Lipinski definition) is 5. The standard InChI is InChI=1S/C20H31N5O2/c1-6-21-20(22-12-11-19-24-16(5)25-27-19)23-15(4)17-7-9-18(10-8-17)26-13-14(2)3/h7-10,14-15H,6,11-13H2,1-5H3,(H2,21,22,23). The van der Waals surface area contributed by atoms with Gasteiger partial charge in [-0.25, -0.2) is 0 Å². The molecule has 1 aromatic heterocycles. The van der Waals surface area contributed by atoms with Crippen molar-refractivity contribution in [1.29, 1.82) is 0 Å². The number of guanidine groups is 1. The van der Waals surface area contributed by atoms with E-state index in [1.807, 2.05) is 26.0 Å². The molecule has 2 aromatic rings. The average molecular weight is 374 g/mol. The highest BCUT2D eigenvalue weighted by molar-refractivity contribution is 5.80. The van der Waals surface area contributed by atoms with Gasteiger partial charge in [0, 0.05) is 13.0 Å². The van der Waals surface area contributed by atoms with Crippen LogP contribution in [0.1, 0.15) is 51.0 Å². The molecule has 0 amide bonds. The summed E-state index contributed by atoms with van der Waals surface area (Å²) in [6.07, 6.45) is 0.619. The molecule has 0 bridgehead atoms. The summed E-state index contributed by atoms with van der Waals surface area (Å²) in [5.74, 6) is 3.43. The molecule has 0 aliphatic carbocycles. The van der Waals surface area contributed by atoms with Gasteiger partial charge in [0.05, 0.1) is 19.2 Å². The molecule has 0 aliphatic heterocycles. The summed E-state index contributed by atoms with van der Waals surface area (Å²) in [5, 5.41) is 10.5. The van der Waals surface area contributed by atoms with Crippen LogP contribution >= 0.6 is 0 Å². The normalized spacial score (nSPS) is 12.9. The summed E-state index contributed by atoms with van der Waals surface area (Å²) in [7, 11) is 0. The van der Waals surface area contributed by atoms with Crippen LogP contribution in [0, 0.1) is 12.8 Å². The Hall–Kier alpha value is -2.57. The molecule has 0 fully saturated rings. The fraction of sp³-hybridized carbons (Fsp3) is 0.550. The first kappa shape index (κ1) is 20.7. The van der Waals surface area contributed by atoms with E-state index in [1.54, 1.807) is 0 Å². The van der Waals surface area contributed by atoms with Crippen LogP contribution in [-0.4, -0.2) is 35.8 Å². The molecule has 0 saturated heterocycles. The number of aryl methyl sites for hydroxylation is 1. The molecule has 148 valence electrons. The predicted octanol–water partition coefficient (Wildman–Crippen LogP) is 3.27. The van der Waals surface area contributed by atoms with E-state index in [9.17, 15) is 0 Å². The first-order valence-electron chi connectivity index (χ1n) is 9.54. The van der Waals surface area contributed by atoms with Gasteiger partial charge in [-0.05, 0) is 44.4 Å². The molecule has 7 heteroatoms. The van der Waals surface area contributed by atoms with Gasteiger partial charge in [-0.3, -0.25) is 4.99 Å². The molecule has 0 aliphatic rings. The zero-order valence-electron chi connectivity index (χ0n) is 17.0. The lowest BCUT2D eigenvalue weighted by Gasteiger charge is -2.18. The maximum absolute atomic E-state index is 5.74. The Morgan fingerprint density at radius 1 is 1.22 bits per heavy atom. The van der Waals surface area contributed by atoms with Crippen LogP contribution in [0.5, 0.6) is 5.75 Å². The average Bonchev–Trinajstić information content (AvgIpc) is 3.05. The molecule has 0 saturated carbocycles. The van der Waals surface area contributed by atoms with Crippen LogP contribution in [0.25, 0.3) is 0 Å². The van der Waals surface area contributed by atoms with Crippen molar-refractivity contribution >= 4 is 5.96 Å². The molecule has 2 rings (SSSR count). The Balaban J connectivity index is 1.90. The van der Waals surface area contributed by atoms with Gasteiger partial charge in [-0.1, -0.05) is 31.1 Å². The van der Waals surface area contributed by atoms with Gasteiger partial charge in [0.1, 0.15) is 5.75 Å². The minimum Gasteiger partial charge on any atom is -0.493 e.